The van der Waals surface area contributed by atoms with Gasteiger partial charge in [-0.1, -0.05) is 11.6 Å². The Morgan fingerprint density at radius 2 is 2.05 bits per heavy atom. The minimum atomic E-state index is 0.628. The molecule has 1 saturated heterocycles. The quantitative estimate of drug-likeness (QED) is 0.826. The molecule has 1 aliphatic heterocycles. The molecular weight excluding hydrogens is 360 g/mol. The van der Waals surface area contributed by atoms with Crippen molar-refractivity contribution in [1.82, 2.24) is 14.9 Å². The first-order valence-corrected chi connectivity index (χ1v) is 8.38. The Kier molecular flexibility index (Phi) is 4.55. The number of nitrogens with zero attached hydrogens (tertiary/aromatic N) is 4. The molecule has 0 unspecified atom stereocenters. The summed E-state index contributed by atoms with van der Waals surface area (Å²) >= 11 is 11.5. The predicted molar refractivity (Wildman–Crippen MR) is 86.6 cm³/mol. The maximum Gasteiger partial charge on any atom is 0.150 e. The Hall–Kier alpha value is -0.690. The summed E-state index contributed by atoms with van der Waals surface area (Å²) in [6, 6.07) is 4.29. The van der Waals surface area contributed by atoms with Crippen LogP contribution in [0, 0.1) is 0 Å². The Labute approximate surface area is 135 Å². The lowest BCUT2D eigenvalue weighted by atomic mass is 10.3. The zero-order valence-corrected chi connectivity index (χ0v) is 14.0. The summed E-state index contributed by atoms with van der Waals surface area (Å²) in [7, 11) is 0. The summed E-state index contributed by atoms with van der Waals surface area (Å²) in [4.78, 5) is 14.3. The van der Waals surface area contributed by atoms with E-state index < -0.39 is 0 Å². The van der Waals surface area contributed by atoms with Crippen molar-refractivity contribution in [3.8, 4) is 0 Å². The van der Waals surface area contributed by atoms with Crippen molar-refractivity contribution in [3.63, 3.8) is 0 Å². The highest BCUT2D eigenvalue weighted by molar-refractivity contribution is 9.11. The lowest BCUT2D eigenvalue weighted by Crippen LogP contribution is -2.46. The molecule has 0 radical (unpaired) electrons. The number of anilines is 1. The molecule has 0 N–H and O–H groups in total. The van der Waals surface area contributed by atoms with E-state index in [4.69, 9.17) is 11.6 Å². The molecule has 1 aliphatic rings. The first-order chi connectivity index (χ1) is 9.72. The molecule has 0 saturated carbocycles. The van der Waals surface area contributed by atoms with Gasteiger partial charge in [-0.2, -0.15) is 0 Å². The van der Waals surface area contributed by atoms with Crippen molar-refractivity contribution in [2.75, 3.05) is 31.1 Å². The second-order valence-electron chi connectivity index (χ2n) is 4.66. The van der Waals surface area contributed by atoms with Gasteiger partial charge in [0.25, 0.3) is 0 Å². The van der Waals surface area contributed by atoms with Crippen molar-refractivity contribution in [2.24, 2.45) is 0 Å². The number of piperazine rings is 1. The number of hydrogen-bond donors (Lipinski definition) is 0. The normalized spacial score (nSPS) is 16.6. The van der Waals surface area contributed by atoms with E-state index in [1.54, 1.807) is 23.9 Å². The highest BCUT2D eigenvalue weighted by atomic mass is 79.9. The Morgan fingerprint density at radius 3 is 2.70 bits per heavy atom. The lowest BCUT2D eigenvalue weighted by molar-refractivity contribution is 0.251. The number of hydrogen-bond acceptors (Lipinski definition) is 5. The van der Waals surface area contributed by atoms with Crippen LogP contribution in [0.2, 0.25) is 5.02 Å². The molecule has 4 nitrogen and oxygen atoms in total. The van der Waals surface area contributed by atoms with Crippen molar-refractivity contribution in [2.45, 2.75) is 6.54 Å². The molecule has 0 spiro atoms. The van der Waals surface area contributed by atoms with Crippen LogP contribution in [-0.2, 0) is 6.54 Å². The SMILES string of the molecule is Clc1cncnc1N1CCN(Cc2ccc(Br)s2)CC1. The molecule has 7 heteroatoms. The van der Waals surface area contributed by atoms with Gasteiger partial charge in [0.05, 0.1) is 9.98 Å². The standard InChI is InChI=1S/C13H14BrClN4S/c14-12-2-1-10(20-12)8-18-3-5-19(6-4-18)13-11(15)7-16-9-17-13/h1-2,7,9H,3-6,8H2. The van der Waals surface area contributed by atoms with E-state index in [1.807, 2.05) is 0 Å². The Balaban J connectivity index is 1.58. The van der Waals surface area contributed by atoms with E-state index in [9.17, 15) is 0 Å². The van der Waals surface area contributed by atoms with Crippen LogP contribution in [0.15, 0.2) is 28.4 Å². The van der Waals surface area contributed by atoms with Crippen molar-refractivity contribution in [3.05, 3.63) is 38.3 Å². The van der Waals surface area contributed by atoms with Crippen LogP contribution in [0.25, 0.3) is 0 Å². The van der Waals surface area contributed by atoms with E-state index in [0.717, 1.165) is 38.5 Å². The van der Waals surface area contributed by atoms with Gasteiger partial charge < -0.3 is 4.90 Å². The van der Waals surface area contributed by atoms with Gasteiger partial charge in [0, 0.05) is 37.6 Å². The zero-order valence-electron chi connectivity index (χ0n) is 10.8. The van der Waals surface area contributed by atoms with Crippen LogP contribution in [-0.4, -0.2) is 41.0 Å². The summed E-state index contributed by atoms with van der Waals surface area (Å²) in [6.07, 6.45) is 3.20. The van der Waals surface area contributed by atoms with Crippen LogP contribution < -0.4 is 4.90 Å². The minimum absolute atomic E-state index is 0.628. The average Bonchev–Trinajstić information content (AvgIpc) is 2.86. The minimum Gasteiger partial charge on any atom is -0.353 e. The molecule has 3 heterocycles. The summed E-state index contributed by atoms with van der Waals surface area (Å²) in [6.45, 7) is 4.96. The van der Waals surface area contributed by atoms with Gasteiger partial charge in [-0.3, -0.25) is 4.90 Å². The van der Waals surface area contributed by atoms with Gasteiger partial charge in [0.1, 0.15) is 11.3 Å². The number of aromatic nitrogens is 2. The summed E-state index contributed by atoms with van der Waals surface area (Å²) in [5, 5.41) is 0.628. The van der Waals surface area contributed by atoms with Crippen molar-refractivity contribution < 1.29 is 0 Å². The van der Waals surface area contributed by atoms with Crippen LogP contribution in [0.3, 0.4) is 0 Å². The van der Waals surface area contributed by atoms with Crippen LogP contribution in [0.1, 0.15) is 4.88 Å². The van der Waals surface area contributed by atoms with E-state index in [-0.39, 0.29) is 0 Å². The van der Waals surface area contributed by atoms with Gasteiger partial charge in [0.15, 0.2) is 5.82 Å². The largest absolute Gasteiger partial charge is 0.353 e. The van der Waals surface area contributed by atoms with Gasteiger partial charge in [-0.25, -0.2) is 9.97 Å². The van der Waals surface area contributed by atoms with Gasteiger partial charge >= 0.3 is 0 Å². The fourth-order valence-electron chi connectivity index (χ4n) is 2.31. The van der Waals surface area contributed by atoms with Crippen LogP contribution in [0.5, 0.6) is 0 Å². The third-order valence-electron chi connectivity index (χ3n) is 3.33. The maximum absolute atomic E-state index is 6.14. The van der Waals surface area contributed by atoms with E-state index >= 15 is 0 Å². The Morgan fingerprint density at radius 1 is 1.25 bits per heavy atom. The number of thiophene rings is 1. The third kappa shape index (κ3) is 3.31. The topological polar surface area (TPSA) is 32.3 Å². The maximum atomic E-state index is 6.14. The summed E-state index contributed by atoms with van der Waals surface area (Å²) < 4.78 is 1.19. The smallest absolute Gasteiger partial charge is 0.150 e. The van der Waals surface area contributed by atoms with Gasteiger partial charge in [-0.15, -0.1) is 11.3 Å². The number of halogens is 2. The van der Waals surface area contributed by atoms with Crippen molar-refractivity contribution in [1.29, 1.82) is 0 Å². The second kappa shape index (κ2) is 6.39. The highest BCUT2D eigenvalue weighted by Gasteiger charge is 2.20. The molecule has 20 heavy (non-hydrogen) atoms. The molecule has 0 aliphatic carbocycles. The van der Waals surface area contributed by atoms with Gasteiger partial charge in [0.2, 0.25) is 0 Å². The zero-order chi connectivity index (χ0) is 13.9. The first-order valence-electron chi connectivity index (χ1n) is 6.39. The van der Waals surface area contributed by atoms with E-state index in [2.05, 4.69) is 47.8 Å². The fourth-order valence-corrected chi connectivity index (χ4v) is 4.06. The lowest BCUT2D eigenvalue weighted by Gasteiger charge is -2.35. The summed E-state index contributed by atoms with van der Waals surface area (Å²) in [5.74, 6) is 0.847. The average molecular weight is 374 g/mol. The molecule has 0 aromatic carbocycles. The molecule has 0 atom stereocenters. The fraction of sp³-hybridized carbons (Fsp3) is 0.385. The van der Waals surface area contributed by atoms with E-state index in [0.29, 0.717) is 5.02 Å². The monoisotopic (exact) mass is 372 g/mol. The number of rotatable bonds is 3. The highest BCUT2D eigenvalue weighted by Crippen LogP contribution is 2.25. The summed E-state index contributed by atoms with van der Waals surface area (Å²) in [5.41, 5.74) is 0. The molecule has 0 amide bonds. The molecule has 3 rings (SSSR count). The molecule has 0 bridgehead atoms. The van der Waals surface area contributed by atoms with Crippen LogP contribution in [0.4, 0.5) is 5.82 Å². The molecule has 2 aromatic heterocycles. The van der Waals surface area contributed by atoms with Crippen molar-refractivity contribution >= 4 is 44.7 Å². The molecule has 2 aromatic rings. The first kappa shape index (κ1) is 14.3. The molecule has 106 valence electrons. The second-order valence-corrected chi connectivity index (χ2v) is 7.62. The van der Waals surface area contributed by atoms with Crippen LogP contribution >= 0.6 is 38.9 Å². The third-order valence-corrected chi connectivity index (χ3v) is 5.20. The Bertz CT molecular complexity index is 583. The van der Waals surface area contributed by atoms with E-state index in [1.165, 1.54) is 8.66 Å². The predicted octanol–water partition coefficient (Wildman–Crippen LogP) is 3.28. The van der Waals surface area contributed by atoms with Gasteiger partial charge in [-0.05, 0) is 28.1 Å². The molecular formula is C13H14BrClN4S. The molecule has 1 fully saturated rings.